The van der Waals surface area contributed by atoms with Crippen LogP contribution in [0.4, 0.5) is 5.69 Å². The first-order valence-corrected chi connectivity index (χ1v) is 6.14. The largest absolute Gasteiger partial charge is 0.361 e. The van der Waals surface area contributed by atoms with Gasteiger partial charge >= 0.3 is 0 Å². The topological polar surface area (TPSA) is 68.0 Å². The molecule has 2 rings (SSSR count). The first kappa shape index (κ1) is 12.8. The highest BCUT2D eigenvalue weighted by Crippen LogP contribution is 2.23. The number of nitrogens with zero attached hydrogens (tertiary/aromatic N) is 2. The second-order valence-corrected chi connectivity index (χ2v) is 4.80. The zero-order valence-corrected chi connectivity index (χ0v) is 11.8. The van der Waals surface area contributed by atoms with Crippen LogP contribution in [0.2, 0.25) is 0 Å². The number of amides is 1. The monoisotopic (exact) mass is 309 g/mol. The Morgan fingerprint density at radius 2 is 2.06 bits per heavy atom. The number of rotatable bonds is 2. The minimum absolute atomic E-state index is 0.241. The Hall–Kier alpha value is -1.69. The summed E-state index contributed by atoms with van der Waals surface area (Å²) in [6, 6.07) is 0. The van der Waals surface area contributed by atoms with Gasteiger partial charge in [-0.05, 0) is 42.3 Å². The maximum atomic E-state index is 12.1. The zero-order chi connectivity index (χ0) is 13.3. The Bertz CT molecular complexity index is 588. The highest BCUT2D eigenvalue weighted by molar-refractivity contribution is 9.10. The molecule has 0 unspecified atom stereocenters. The van der Waals surface area contributed by atoms with Gasteiger partial charge in [-0.15, -0.1) is 0 Å². The first-order valence-electron chi connectivity index (χ1n) is 5.35. The Balaban J connectivity index is 2.30. The Labute approximate surface area is 113 Å². The Kier molecular flexibility index (Phi) is 3.47. The molecule has 0 fully saturated rings. The molecule has 0 radical (unpaired) electrons. The third-order valence-electron chi connectivity index (χ3n) is 2.66. The second-order valence-electron chi connectivity index (χ2n) is 3.95. The van der Waals surface area contributed by atoms with Gasteiger partial charge in [-0.25, -0.2) is 0 Å². The molecular weight excluding hydrogens is 298 g/mol. The molecule has 2 aromatic heterocycles. The number of carbonyl (C=O) groups is 1. The number of carbonyl (C=O) groups excluding carboxylic acids is 1. The molecule has 0 aromatic carbocycles. The van der Waals surface area contributed by atoms with Crippen molar-refractivity contribution >= 4 is 27.5 Å². The van der Waals surface area contributed by atoms with Crippen molar-refractivity contribution in [1.29, 1.82) is 0 Å². The number of anilines is 1. The molecule has 1 N–H and O–H groups in total. The van der Waals surface area contributed by atoms with Gasteiger partial charge in [-0.1, -0.05) is 5.16 Å². The van der Waals surface area contributed by atoms with Gasteiger partial charge in [0, 0.05) is 10.7 Å². The summed E-state index contributed by atoms with van der Waals surface area (Å²) in [5, 5.41) is 6.56. The molecule has 0 saturated heterocycles. The van der Waals surface area contributed by atoms with E-state index in [-0.39, 0.29) is 5.91 Å². The van der Waals surface area contributed by atoms with Crippen molar-refractivity contribution in [2.45, 2.75) is 20.8 Å². The molecule has 18 heavy (non-hydrogen) atoms. The van der Waals surface area contributed by atoms with Crippen molar-refractivity contribution in [2.24, 2.45) is 0 Å². The smallest absolute Gasteiger partial charge is 0.261 e. The predicted octanol–water partition coefficient (Wildman–Crippen LogP) is 3.01. The molecule has 0 aliphatic carbocycles. The van der Waals surface area contributed by atoms with Gasteiger partial charge in [0.15, 0.2) is 0 Å². The van der Waals surface area contributed by atoms with E-state index in [1.54, 1.807) is 26.2 Å². The summed E-state index contributed by atoms with van der Waals surface area (Å²) in [6.07, 6.45) is 3.29. The van der Waals surface area contributed by atoms with Crippen molar-refractivity contribution in [3.63, 3.8) is 0 Å². The van der Waals surface area contributed by atoms with E-state index in [0.29, 0.717) is 22.7 Å². The van der Waals surface area contributed by atoms with E-state index in [0.717, 1.165) is 10.0 Å². The minimum atomic E-state index is -0.241. The quantitative estimate of drug-likeness (QED) is 0.926. The summed E-state index contributed by atoms with van der Waals surface area (Å²) < 4.78 is 5.82. The number of halogens is 1. The van der Waals surface area contributed by atoms with Crippen molar-refractivity contribution in [2.75, 3.05) is 5.32 Å². The number of aromatic nitrogens is 2. The van der Waals surface area contributed by atoms with Gasteiger partial charge in [0.05, 0.1) is 17.6 Å². The SMILES string of the molecule is Cc1noc(C)c1C(=O)Nc1cncc(Br)c1C. The summed E-state index contributed by atoms with van der Waals surface area (Å²) in [7, 11) is 0. The number of nitrogens with one attached hydrogen (secondary N) is 1. The average Bonchev–Trinajstić information content (AvgIpc) is 2.65. The van der Waals surface area contributed by atoms with Crippen LogP contribution in [-0.4, -0.2) is 16.0 Å². The van der Waals surface area contributed by atoms with E-state index < -0.39 is 0 Å². The van der Waals surface area contributed by atoms with Gasteiger partial charge in [-0.2, -0.15) is 0 Å². The van der Waals surface area contributed by atoms with E-state index in [4.69, 9.17) is 4.52 Å². The van der Waals surface area contributed by atoms with Crippen LogP contribution in [0.25, 0.3) is 0 Å². The predicted molar refractivity (Wildman–Crippen MR) is 70.6 cm³/mol. The minimum Gasteiger partial charge on any atom is -0.361 e. The van der Waals surface area contributed by atoms with Crippen molar-refractivity contribution in [1.82, 2.24) is 10.1 Å². The third kappa shape index (κ3) is 2.28. The lowest BCUT2D eigenvalue weighted by Crippen LogP contribution is -2.14. The molecule has 0 spiro atoms. The van der Waals surface area contributed by atoms with Crippen LogP contribution in [0.5, 0.6) is 0 Å². The highest BCUT2D eigenvalue weighted by Gasteiger charge is 2.18. The molecule has 0 bridgehead atoms. The van der Waals surface area contributed by atoms with Crippen LogP contribution in [0.15, 0.2) is 21.4 Å². The standard InChI is InChI=1S/C12H12BrN3O2/c1-6-9(13)4-14-5-10(6)15-12(17)11-7(2)16-18-8(11)3/h4-5H,1-3H3,(H,15,17). The maximum Gasteiger partial charge on any atom is 0.261 e. The average molecular weight is 310 g/mol. The van der Waals surface area contributed by atoms with Crippen LogP contribution in [-0.2, 0) is 0 Å². The summed E-state index contributed by atoms with van der Waals surface area (Å²) in [4.78, 5) is 16.1. The van der Waals surface area contributed by atoms with Crippen molar-refractivity contribution < 1.29 is 9.32 Å². The molecule has 5 nitrogen and oxygen atoms in total. The van der Waals surface area contributed by atoms with Crippen LogP contribution >= 0.6 is 15.9 Å². The molecule has 0 saturated carbocycles. The second kappa shape index (κ2) is 4.89. The molecule has 6 heteroatoms. The molecule has 94 valence electrons. The summed E-state index contributed by atoms with van der Waals surface area (Å²) in [5.74, 6) is 0.264. The summed E-state index contributed by atoms with van der Waals surface area (Å²) in [5.41, 5.74) is 2.62. The molecule has 0 aliphatic rings. The van der Waals surface area contributed by atoms with E-state index >= 15 is 0 Å². The van der Waals surface area contributed by atoms with E-state index in [1.807, 2.05) is 6.92 Å². The molecule has 0 atom stereocenters. The van der Waals surface area contributed by atoms with Crippen LogP contribution in [0, 0.1) is 20.8 Å². The zero-order valence-electron chi connectivity index (χ0n) is 10.2. The first-order chi connectivity index (χ1) is 8.50. The lowest BCUT2D eigenvalue weighted by Gasteiger charge is -2.08. The van der Waals surface area contributed by atoms with Crippen molar-refractivity contribution in [3.05, 3.63) is 39.4 Å². The molecule has 0 aliphatic heterocycles. The lowest BCUT2D eigenvalue weighted by atomic mass is 10.2. The van der Waals surface area contributed by atoms with Gasteiger partial charge in [0.25, 0.3) is 5.91 Å². The fourth-order valence-corrected chi connectivity index (χ4v) is 1.95. The molecule has 2 heterocycles. The molecular formula is C12H12BrN3O2. The summed E-state index contributed by atoms with van der Waals surface area (Å²) >= 11 is 3.37. The Morgan fingerprint density at radius 3 is 2.67 bits per heavy atom. The highest BCUT2D eigenvalue weighted by atomic mass is 79.9. The Morgan fingerprint density at radius 1 is 1.33 bits per heavy atom. The van der Waals surface area contributed by atoms with Crippen LogP contribution in [0.3, 0.4) is 0 Å². The van der Waals surface area contributed by atoms with Crippen LogP contribution < -0.4 is 5.32 Å². The van der Waals surface area contributed by atoms with E-state index in [9.17, 15) is 4.79 Å². The van der Waals surface area contributed by atoms with Gasteiger partial charge in [0.2, 0.25) is 0 Å². The van der Waals surface area contributed by atoms with Crippen LogP contribution in [0.1, 0.15) is 27.4 Å². The molecule has 2 aromatic rings. The van der Waals surface area contributed by atoms with Crippen molar-refractivity contribution in [3.8, 4) is 0 Å². The third-order valence-corrected chi connectivity index (χ3v) is 3.46. The number of hydrogen-bond acceptors (Lipinski definition) is 4. The lowest BCUT2D eigenvalue weighted by molar-refractivity contribution is 0.102. The number of aryl methyl sites for hydroxylation is 2. The number of hydrogen-bond donors (Lipinski definition) is 1. The van der Waals surface area contributed by atoms with Gasteiger partial charge < -0.3 is 9.84 Å². The van der Waals surface area contributed by atoms with Gasteiger partial charge in [-0.3, -0.25) is 9.78 Å². The van der Waals surface area contributed by atoms with E-state index in [2.05, 4.69) is 31.4 Å². The summed E-state index contributed by atoms with van der Waals surface area (Å²) in [6.45, 7) is 5.34. The van der Waals surface area contributed by atoms with Gasteiger partial charge in [0.1, 0.15) is 11.3 Å². The number of pyridine rings is 1. The fraction of sp³-hybridized carbons (Fsp3) is 0.250. The normalized spacial score (nSPS) is 10.4. The fourth-order valence-electron chi connectivity index (χ4n) is 1.62. The molecule has 1 amide bonds. The van der Waals surface area contributed by atoms with E-state index in [1.165, 1.54) is 0 Å². The maximum absolute atomic E-state index is 12.1.